The molecule has 2 aliphatic heterocycles. The third-order valence-electron chi connectivity index (χ3n) is 4.41. The smallest absolute Gasteiger partial charge is 0.246 e. The van der Waals surface area contributed by atoms with Crippen molar-refractivity contribution in [2.24, 2.45) is 0 Å². The molecule has 3 rings (SSSR count). The molecule has 1 atom stereocenters. The SMILES string of the molecule is Cc1ccc(F)c(CN2CCN3C(=O)CN(C)C(=O)[C@H]3C2)c1. The lowest BCUT2D eigenvalue weighted by atomic mass is 10.1. The molecular formula is C16H20FN3O2. The molecule has 0 unspecified atom stereocenters. The van der Waals surface area contributed by atoms with Gasteiger partial charge in [0.2, 0.25) is 11.8 Å². The Morgan fingerprint density at radius 1 is 1.27 bits per heavy atom. The van der Waals surface area contributed by atoms with Crippen molar-refractivity contribution in [2.75, 3.05) is 33.2 Å². The number of halogens is 1. The normalized spacial score (nSPS) is 23.0. The average Bonchev–Trinajstić information content (AvgIpc) is 2.48. The van der Waals surface area contributed by atoms with Crippen LogP contribution >= 0.6 is 0 Å². The van der Waals surface area contributed by atoms with E-state index in [0.717, 1.165) is 5.56 Å². The summed E-state index contributed by atoms with van der Waals surface area (Å²) in [6.07, 6.45) is 0. The van der Waals surface area contributed by atoms with Gasteiger partial charge in [0.1, 0.15) is 11.9 Å². The average molecular weight is 305 g/mol. The van der Waals surface area contributed by atoms with Crippen LogP contribution in [0.15, 0.2) is 18.2 Å². The summed E-state index contributed by atoms with van der Waals surface area (Å²) in [4.78, 5) is 29.4. The van der Waals surface area contributed by atoms with Crippen LogP contribution in [-0.4, -0.2) is 65.8 Å². The van der Waals surface area contributed by atoms with Gasteiger partial charge < -0.3 is 9.80 Å². The lowest BCUT2D eigenvalue weighted by molar-refractivity contribution is -0.158. The van der Waals surface area contributed by atoms with Crippen molar-refractivity contribution in [1.82, 2.24) is 14.7 Å². The van der Waals surface area contributed by atoms with E-state index in [2.05, 4.69) is 0 Å². The predicted molar refractivity (Wildman–Crippen MR) is 79.6 cm³/mol. The third kappa shape index (κ3) is 2.70. The van der Waals surface area contributed by atoms with E-state index in [1.54, 1.807) is 18.0 Å². The number of piperazine rings is 2. The van der Waals surface area contributed by atoms with Gasteiger partial charge in [0, 0.05) is 38.8 Å². The molecule has 2 heterocycles. The topological polar surface area (TPSA) is 43.9 Å². The molecule has 118 valence electrons. The van der Waals surface area contributed by atoms with Gasteiger partial charge in [-0.25, -0.2) is 4.39 Å². The van der Waals surface area contributed by atoms with Gasteiger partial charge in [-0.1, -0.05) is 17.7 Å². The fourth-order valence-electron chi connectivity index (χ4n) is 3.18. The minimum Gasteiger partial charge on any atom is -0.335 e. The Morgan fingerprint density at radius 2 is 2.05 bits per heavy atom. The number of fused-ring (bicyclic) bond motifs is 1. The highest BCUT2D eigenvalue weighted by Gasteiger charge is 2.41. The molecular weight excluding hydrogens is 285 g/mol. The van der Waals surface area contributed by atoms with Gasteiger partial charge in [0.15, 0.2) is 0 Å². The maximum Gasteiger partial charge on any atom is 0.246 e. The summed E-state index contributed by atoms with van der Waals surface area (Å²) < 4.78 is 13.9. The zero-order valence-corrected chi connectivity index (χ0v) is 12.9. The van der Waals surface area contributed by atoms with Crippen molar-refractivity contribution in [3.05, 3.63) is 35.1 Å². The second-order valence-electron chi connectivity index (χ2n) is 6.13. The van der Waals surface area contributed by atoms with Crippen molar-refractivity contribution in [3.63, 3.8) is 0 Å². The number of amides is 2. The van der Waals surface area contributed by atoms with Crippen molar-refractivity contribution < 1.29 is 14.0 Å². The van der Waals surface area contributed by atoms with Crippen LogP contribution in [0.3, 0.4) is 0 Å². The van der Waals surface area contributed by atoms with Gasteiger partial charge in [-0.3, -0.25) is 14.5 Å². The predicted octanol–water partition coefficient (Wildman–Crippen LogP) is 0.619. The first kappa shape index (κ1) is 15.0. The van der Waals surface area contributed by atoms with Gasteiger partial charge in [0.05, 0.1) is 6.54 Å². The van der Waals surface area contributed by atoms with Crippen LogP contribution in [0, 0.1) is 12.7 Å². The second-order valence-corrected chi connectivity index (χ2v) is 6.13. The van der Waals surface area contributed by atoms with Crippen LogP contribution in [0.25, 0.3) is 0 Å². The van der Waals surface area contributed by atoms with Crippen molar-refractivity contribution in [1.29, 1.82) is 0 Å². The summed E-state index contributed by atoms with van der Waals surface area (Å²) >= 11 is 0. The van der Waals surface area contributed by atoms with Crippen LogP contribution in [0.2, 0.25) is 0 Å². The Balaban J connectivity index is 1.74. The number of hydrogen-bond donors (Lipinski definition) is 0. The van der Waals surface area contributed by atoms with Gasteiger partial charge >= 0.3 is 0 Å². The van der Waals surface area contributed by atoms with Crippen molar-refractivity contribution in [2.45, 2.75) is 19.5 Å². The Kier molecular flexibility index (Phi) is 3.87. The number of rotatable bonds is 2. The molecule has 0 N–H and O–H groups in total. The molecule has 0 aromatic heterocycles. The Labute approximate surface area is 129 Å². The highest BCUT2D eigenvalue weighted by molar-refractivity contribution is 5.95. The fourth-order valence-corrected chi connectivity index (χ4v) is 3.18. The minimum absolute atomic E-state index is 0.00603. The lowest BCUT2D eigenvalue weighted by Gasteiger charge is -2.45. The van der Waals surface area contributed by atoms with Crippen LogP contribution < -0.4 is 0 Å². The molecule has 2 aliphatic rings. The quantitative estimate of drug-likeness (QED) is 0.804. The summed E-state index contributed by atoms with van der Waals surface area (Å²) in [6.45, 7) is 4.19. The maximum absolute atomic E-state index is 13.9. The first-order valence-electron chi connectivity index (χ1n) is 7.47. The molecule has 0 spiro atoms. The van der Waals surface area contributed by atoms with Gasteiger partial charge in [0.25, 0.3) is 0 Å². The standard InChI is InChI=1S/C16H20FN3O2/c1-11-3-4-13(17)12(7-11)8-19-5-6-20-14(9-19)16(22)18(2)10-15(20)21/h3-4,7,14H,5-6,8-10H2,1-2H3/t14-/m1/s1. The van der Waals surface area contributed by atoms with E-state index >= 15 is 0 Å². The number of carbonyl (C=O) groups is 2. The van der Waals surface area contributed by atoms with Gasteiger partial charge in [-0.2, -0.15) is 0 Å². The third-order valence-corrected chi connectivity index (χ3v) is 4.41. The number of benzene rings is 1. The van der Waals surface area contributed by atoms with E-state index in [0.29, 0.717) is 31.7 Å². The molecule has 6 heteroatoms. The van der Waals surface area contributed by atoms with Crippen LogP contribution in [0.1, 0.15) is 11.1 Å². The largest absolute Gasteiger partial charge is 0.335 e. The lowest BCUT2D eigenvalue weighted by Crippen LogP contribution is -2.65. The molecule has 0 saturated carbocycles. The van der Waals surface area contributed by atoms with E-state index < -0.39 is 6.04 Å². The van der Waals surface area contributed by atoms with Crippen LogP contribution in [-0.2, 0) is 16.1 Å². The molecule has 2 saturated heterocycles. The maximum atomic E-state index is 13.9. The fraction of sp³-hybridized carbons (Fsp3) is 0.500. The van der Waals surface area contributed by atoms with Crippen LogP contribution in [0.5, 0.6) is 0 Å². The van der Waals surface area contributed by atoms with Crippen LogP contribution in [0.4, 0.5) is 4.39 Å². The summed E-state index contributed by atoms with van der Waals surface area (Å²) in [7, 11) is 1.65. The van der Waals surface area contributed by atoms with E-state index in [1.807, 2.05) is 17.9 Å². The summed E-state index contributed by atoms with van der Waals surface area (Å²) in [6, 6.07) is 4.62. The monoisotopic (exact) mass is 305 g/mol. The van der Waals surface area contributed by atoms with E-state index in [4.69, 9.17) is 0 Å². The molecule has 1 aromatic carbocycles. The number of aryl methyl sites for hydroxylation is 1. The number of carbonyl (C=O) groups excluding carboxylic acids is 2. The number of hydrogen-bond acceptors (Lipinski definition) is 3. The first-order chi connectivity index (χ1) is 10.5. The summed E-state index contributed by atoms with van der Waals surface area (Å²) in [5.41, 5.74) is 1.65. The highest BCUT2D eigenvalue weighted by Crippen LogP contribution is 2.20. The summed E-state index contributed by atoms with van der Waals surface area (Å²) in [5.74, 6) is -0.265. The highest BCUT2D eigenvalue weighted by atomic mass is 19.1. The van der Waals surface area contributed by atoms with E-state index in [-0.39, 0.29) is 24.2 Å². The van der Waals surface area contributed by atoms with E-state index in [9.17, 15) is 14.0 Å². The molecule has 2 amide bonds. The Hall–Kier alpha value is -1.95. The molecule has 0 radical (unpaired) electrons. The van der Waals surface area contributed by atoms with Gasteiger partial charge in [-0.15, -0.1) is 0 Å². The second kappa shape index (κ2) is 5.68. The number of nitrogens with zero attached hydrogens (tertiary/aromatic N) is 3. The molecule has 1 aromatic rings. The molecule has 5 nitrogen and oxygen atoms in total. The molecule has 0 bridgehead atoms. The Morgan fingerprint density at radius 3 is 2.82 bits per heavy atom. The molecule has 0 aliphatic carbocycles. The Bertz CT molecular complexity index is 619. The summed E-state index contributed by atoms with van der Waals surface area (Å²) in [5, 5.41) is 0. The van der Waals surface area contributed by atoms with Crippen molar-refractivity contribution in [3.8, 4) is 0 Å². The van der Waals surface area contributed by atoms with Gasteiger partial charge in [-0.05, 0) is 13.0 Å². The number of likely N-dealkylation sites (N-methyl/N-ethyl adjacent to an activating group) is 1. The minimum atomic E-state index is -0.437. The zero-order valence-electron chi connectivity index (χ0n) is 12.9. The zero-order chi connectivity index (χ0) is 15.9. The molecule has 22 heavy (non-hydrogen) atoms. The first-order valence-corrected chi connectivity index (χ1v) is 7.47. The van der Waals surface area contributed by atoms with E-state index in [1.165, 1.54) is 11.0 Å². The van der Waals surface area contributed by atoms with Crippen molar-refractivity contribution >= 4 is 11.8 Å². The molecule has 2 fully saturated rings.